The zero-order valence-electron chi connectivity index (χ0n) is 25.9. The Kier molecular flexibility index (Phi) is 7.60. The molecule has 5 saturated carbocycles. The topological polar surface area (TPSA) is 93.1 Å². The van der Waals surface area contributed by atoms with Crippen molar-refractivity contribution in [2.75, 3.05) is 19.8 Å². The van der Waals surface area contributed by atoms with E-state index in [0.717, 1.165) is 69.8 Å². The minimum Gasteiger partial charge on any atom is -0.465 e. The van der Waals surface area contributed by atoms with Gasteiger partial charge in [-0.25, -0.2) is 0 Å². The lowest BCUT2D eigenvalue weighted by Crippen LogP contribution is -2.67. The first kappa shape index (κ1) is 30.1. The average molecular weight is 559 g/mol. The summed E-state index contributed by atoms with van der Waals surface area (Å²) in [5.74, 6) is 1.50. The molecule has 0 radical (unpaired) electrons. The van der Waals surface area contributed by atoms with Gasteiger partial charge in [-0.3, -0.25) is 9.59 Å². The number of carbonyl (C=O) groups excluding carboxylic acids is 2. The fourth-order valence-electron chi connectivity index (χ4n) is 12.1. The number of esters is 2. The molecule has 5 rings (SSSR count). The molecule has 0 spiro atoms. The van der Waals surface area contributed by atoms with Crippen LogP contribution < -0.4 is 0 Å². The van der Waals surface area contributed by atoms with Crippen LogP contribution in [0.1, 0.15) is 106 Å². The van der Waals surface area contributed by atoms with Crippen molar-refractivity contribution in [2.24, 2.45) is 56.7 Å². The fraction of sp³-hybridized carbons (Fsp3) is 0.882. The van der Waals surface area contributed by atoms with Gasteiger partial charge < -0.3 is 19.7 Å². The molecule has 0 saturated heterocycles. The molecule has 0 amide bonds. The monoisotopic (exact) mass is 558 g/mol. The van der Waals surface area contributed by atoms with E-state index < -0.39 is 11.5 Å². The second kappa shape index (κ2) is 10.1. The molecule has 226 valence electrons. The van der Waals surface area contributed by atoms with Crippen molar-refractivity contribution < 1.29 is 29.3 Å². The van der Waals surface area contributed by atoms with Gasteiger partial charge in [0, 0.05) is 24.7 Å². The van der Waals surface area contributed by atoms with Gasteiger partial charge in [0.15, 0.2) is 0 Å². The molecule has 1 unspecified atom stereocenters. The first-order chi connectivity index (χ1) is 18.7. The highest BCUT2D eigenvalue weighted by Gasteiger charge is 2.71. The van der Waals surface area contributed by atoms with Gasteiger partial charge in [-0.2, -0.15) is 0 Å². The maximum atomic E-state index is 11.9. The molecule has 5 aliphatic carbocycles. The van der Waals surface area contributed by atoms with Crippen molar-refractivity contribution in [1.82, 2.24) is 0 Å². The van der Waals surface area contributed by atoms with Gasteiger partial charge in [-0.15, -0.1) is 0 Å². The van der Waals surface area contributed by atoms with Crippen LogP contribution in [0.4, 0.5) is 0 Å². The summed E-state index contributed by atoms with van der Waals surface area (Å²) in [5.41, 5.74) is 0.844. The summed E-state index contributed by atoms with van der Waals surface area (Å²) >= 11 is 0. The molecule has 0 aromatic rings. The molecule has 0 aliphatic heterocycles. The number of ether oxygens (including phenoxy) is 2. The third kappa shape index (κ3) is 4.16. The average Bonchev–Trinajstić information content (AvgIpc) is 3.29. The molecule has 0 aromatic heterocycles. The Morgan fingerprint density at radius 2 is 1.48 bits per heavy atom. The van der Waals surface area contributed by atoms with Crippen LogP contribution in [0, 0.1) is 56.7 Å². The third-order valence-electron chi connectivity index (χ3n) is 14.3. The van der Waals surface area contributed by atoms with E-state index in [9.17, 15) is 19.8 Å². The number of rotatable bonds is 6. The predicted molar refractivity (Wildman–Crippen MR) is 154 cm³/mol. The summed E-state index contributed by atoms with van der Waals surface area (Å²) in [4.78, 5) is 23.7. The Balaban J connectivity index is 1.50. The van der Waals surface area contributed by atoms with Crippen molar-refractivity contribution >= 4 is 11.9 Å². The summed E-state index contributed by atoms with van der Waals surface area (Å²) < 4.78 is 11.4. The smallest absolute Gasteiger partial charge is 0.302 e. The van der Waals surface area contributed by atoms with Crippen LogP contribution in [-0.2, 0) is 19.1 Å². The Bertz CT molecular complexity index is 1040. The molecule has 2 N–H and O–H groups in total. The lowest BCUT2D eigenvalue weighted by molar-refractivity contribution is -0.256. The van der Waals surface area contributed by atoms with Crippen LogP contribution in [0.25, 0.3) is 0 Å². The van der Waals surface area contributed by atoms with Gasteiger partial charge in [-0.05, 0) is 116 Å². The Hall–Kier alpha value is -1.40. The summed E-state index contributed by atoms with van der Waals surface area (Å²) in [7, 11) is 0. The molecule has 5 aliphatic rings. The van der Waals surface area contributed by atoms with Crippen LogP contribution in [0.5, 0.6) is 0 Å². The number of aliphatic hydroxyl groups is 2. The standard InChI is InChI=1S/C34H54O6/c1-21(18-35)24-10-15-34(20-40-23(3)37)17-16-32(6)25(29(24)34)8-9-27-30(4)13-12-28(38)31(5,19-39-22(2)36)26(30)11-14-33(27,32)7/h24-29,35,38H,1,8-20H2,2-7H3/t24-,25+,26+,27+,28-,29+,30-,31?,32+,33+,34+/m0/s1. The van der Waals surface area contributed by atoms with E-state index in [1.807, 2.05) is 0 Å². The second-order valence-electron chi connectivity index (χ2n) is 15.6. The molecule has 0 bridgehead atoms. The van der Waals surface area contributed by atoms with Gasteiger partial charge in [0.2, 0.25) is 0 Å². The number of hydrogen-bond donors (Lipinski definition) is 2. The van der Waals surface area contributed by atoms with Crippen molar-refractivity contribution in [2.45, 2.75) is 112 Å². The van der Waals surface area contributed by atoms with Gasteiger partial charge in [0.05, 0.1) is 25.9 Å². The van der Waals surface area contributed by atoms with Crippen molar-refractivity contribution in [3.8, 4) is 0 Å². The van der Waals surface area contributed by atoms with Crippen LogP contribution >= 0.6 is 0 Å². The molecule has 0 heterocycles. The molecule has 0 aromatic carbocycles. The maximum Gasteiger partial charge on any atom is 0.302 e. The fourth-order valence-corrected chi connectivity index (χ4v) is 12.1. The molecular formula is C34H54O6. The normalized spacial score (nSPS) is 49.6. The second-order valence-corrected chi connectivity index (χ2v) is 15.6. The van der Waals surface area contributed by atoms with E-state index in [1.54, 1.807) is 0 Å². The van der Waals surface area contributed by atoms with Crippen LogP contribution in [0.15, 0.2) is 12.2 Å². The SMILES string of the molecule is C=C(CO)[C@@H]1CC[C@]2(COC(C)=O)CC[C@]3(C)[C@H](CC[C@@H]4[C@@]5(C)CC[C@H](O)C(C)(COC(C)=O)[C@@H]5CC[C@]43C)[C@@H]12. The summed E-state index contributed by atoms with van der Waals surface area (Å²) in [6, 6.07) is 0. The van der Waals surface area contributed by atoms with E-state index in [4.69, 9.17) is 9.47 Å². The maximum absolute atomic E-state index is 11.9. The Morgan fingerprint density at radius 1 is 0.800 bits per heavy atom. The first-order valence-corrected chi connectivity index (χ1v) is 15.9. The zero-order valence-corrected chi connectivity index (χ0v) is 25.9. The molecular weight excluding hydrogens is 504 g/mol. The van der Waals surface area contributed by atoms with E-state index >= 15 is 0 Å². The first-order valence-electron chi connectivity index (χ1n) is 15.9. The lowest BCUT2D eigenvalue weighted by Gasteiger charge is -2.73. The summed E-state index contributed by atoms with van der Waals surface area (Å²) in [6.07, 6.45) is 10.0. The van der Waals surface area contributed by atoms with Gasteiger partial charge in [0.1, 0.15) is 0 Å². The number of aliphatic hydroxyl groups excluding tert-OH is 2. The molecule has 6 nitrogen and oxygen atoms in total. The van der Waals surface area contributed by atoms with Crippen molar-refractivity contribution in [1.29, 1.82) is 0 Å². The predicted octanol–water partition coefficient (Wildman–Crippen LogP) is 6.08. The van der Waals surface area contributed by atoms with Gasteiger partial charge in [-0.1, -0.05) is 34.3 Å². The van der Waals surface area contributed by atoms with E-state index in [2.05, 4.69) is 34.3 Å². The Labute approximate surface area is 241 Å². The van der Waals surface area contributed by atoms with Crippen LogP contribution in [0.2, 0.25) is 0 Å². The van der Waals surface area contributed by atoms with Crippen LogP contribution in [0.3, 0.4) is 0 Å². The van der Waals surface area contributed by atoms with Gasteiger partial charge in [0.25, 0.3) is 0 Å². The Morgan fingerprint density at radius 3 is 2.12 bits per heavy atom. The molecule has 5 fully saturated rings. The molecule has 11 atom stereocenters. The number of hydrogen-bond acceptors (Lipinski definition) is 6. The quantitative estimate of drug-likeness (QED) is 0.303. The lowest BCUT2D eigenvalue weighted by atomic mass is 9.32. The number of carbonyl (C=O) groups is 2. The number of fused-ring (bicyclic) bond motifs is 7. The summed E-state index contributed by atoms with van der Waals surface area (Å²) in [5, 5.41) is 21.4. The van der Waals surface area contributed by atoms with Crippen molar-refractivity contribution in [3.63, 3.8) is 0 Å². The van der Waals surface area contributed by atoms with Crippen molar-refractivity contribution in [3.05, 3.63) is 12.2 Å². The van der Waals surface area contributed by atoms with Crippen LogP contribution in [-0.4, -0.2) is 48.1 Å². The highest BCUT2D eigenvalue weighted by atomic mass is 16.5. The highest BCUT2D eigenvalue weighted by molar-refractivity contribution is 5.66. The van der Waals surface area contributed by atoms with E-state index in [-0.39, 0.29) is 46.1 Å². The molecule has 6 heteroatoms. The minimum absolute atomic E-state index is 0.0249. The zero-order chi connectivity index (χ0) is 29.3. The molecule has 40 heavy (non-hydrogen) atoms. The summed E-state index contributed by atoms with van der Waals surface area (Å²) in [6.45, 7) is 17.9. The van der Waals surface area contributed by atoms with E-state index in [0.29, 0.717) is 36.9 Å². The highest BCUT2D eigenvalue weighted by Crippen LogP contribution is 2.77. The minimum atomic E-state index is -0.457. The largest absolute Gasteiger partial charge is 0.465 e. The third-order valence-corrected chi connectivity index (χ3v) is 14.3. The van der Waals surface area contributed by atoms with Gasteiger partial charge >= 0.3 is 11.9 Å². The van der Waals surface area contributed by atoms with E-state index in [1.165, 1.54) is 13.8 Å².